The van der Waals surface area contributed by atoms with Gasteiger partial charge in [0, 0.05) is 32.8 Å². The molecule has 2 amide bonds. The number of urea groups is 1. The summed E-state index contributed by atoms with van der Waals surface area (Å²) in [6.45, 7) is 3.69. The summed E-state index contributed by atoms with van der Waals surface area (Å²) in [4.78, 5) is 14.1. The zero-order valence-corrected chi connectivity index (χ0v) is 15.5. The lowest BCUT2D eigenvalue weighted by Crippen LogP contribution is -2.55. The first-order valence-corrected chi connectivity index (χ1v) is 10.2. The average molecular weight is 385 g/mol. The van der Waals surface area contributed by atoms with E-state index in [4.69, 9.17) is 4.74 Å². The Labute approximate surface area is 153 Å². The predicted molar refractivity (Wildman–Crippen MR) is 93.7 cm³/mol. The Balaban J connectivity index is 1.54. The highest BCUT2D eigenvalue weighted by atomic mass is 32.2. The minimum absolute atomic E-state index is 0.0408. The third kappa shape index (κ3) is 4.16. The van der Waals surface area contributed by atoms with Crippen LogP contribution < -0.4 is 5.32 Å². The summed E-state index contributed by atoms with van der Waals surface area (Å²) in [6.07, 6.45) is 1.98. The Bertz CT molecular complexity index is 727. The lowest BCUT2D eigenvalue weighted by Gasteiger charge is -2.35. The van der Waals surface area contributed by atoms with Crippen LogP contribution in [0, 0.1) is 5.82 Å². The molecule has 144 valence electrons. The molecule has 2 atom stereocenters. The molecule has 0 saturated carbocycles. The van der Waals surface area contributed by atoms with Crippen LogP contribution in [0.15, 0.2) is 29.2 Å². The first-order chi connectivity index (χ1) is 12.4. The molecule has 0 spiro atoms. The minimum Gasteiger partial charge on any atom is -0.376 e. The van der Waals surface area contributed by atoms with Crippen LogP contribution in [0.5, 0.6) is 0 Å². The van der Waals surface area contributed by atoms with Crippen molar-refractivity contribution in [1.82, 2.24) is 14.5 Å². The van der Waals surface area contributed by atoms with Gasteiger partial charge < -0.3 is 15.0 Å². The number of amides is 2. The molecule has 2 aliphatic heterocycles. The molecular formula is C17H24FN3O4S. The number of sulfonamides is 1. The number of nitrogens with zero attached hydrogens (tertiary/aromatic N) is 2. The van der Waals surface area contributed by atoms with E-state index in [9.17, 15) is 17.6 Å². The summed E-state index contributed by atoms with van der Waals surface area (Å²) in [5.74, 6) is -0.481. The fourth-order valence-corrected chi connectivity index (χ4v) is 4.69. The van der Waals surface area contributed by atoms with Gasteiger partial charge in [-0.3, -0.25) is 0 Å². The van der Waals surface area contributed by atoms with E-state index in [2.05, 4.69) is 5.32 Å². The van der Waals surface area contributed by atoms with Gasteiger partial charge in [0.2, 0.25) is 10.0 Å². The first kappa shape index (κ1) is 19.1. The minimum atomic E-state index is -3.68. The van der Waals surface area contributed by atoms with E-state index >= 15 is 0 Å². The van der Waals surface area contributed by atoms with E-state index in [0.29, 0.717) is 13.1 Å². The van der Waals surface area contributed by atoms with Crippen molar-refractivity contribution >= 4 is 16.1 Å². The van der Waals surface area contributed by atoms with Crippen molar-refractivity contribution in [3.63, 3.8) is 0 Å². The highest BCUT2D eigenvalue weighted by molar-refractivity contribution is 7.89. The van der Waals surface area contributed by atoms with Gasteiger partial charge in [0.05, 0.1) is 17.0 Å². The van der Waals surface area contributed by atoms with Crippen molar-refractivity contribution in [2.75, 3.05) is 32.8 Å². The molecule has 2 aliphatic rings. The average Bonchev–Trinajstić information content (AvgIpc) is 3.17. The van der Waals surface area contributed by atoms with Crippen LogP contribution in [0.1, 0.15) is 19.8 Å². The summed E-state index contributed by atoms with van der Waals surface area (Å²) in [7, 11) is -3.68. The maximum atomic E-state index is 13.0. The lowest BCUT2D eigenvalue weighted by molar-refractivity contribution is 0.0821. The Hall–Kier alpha value is -1.71. The smallest absolute Gasteiger partial charge is 0.317 e. The fraction of sp³-hybridized carbons (Fsp3) is 0.588. The zero-order valence-electron chi connectivity index (χ0n) is 14.7. The van der Waals surface area contributed by atoms with E-state index in [1.54, 1.807) is 4.90 Å². The topological polar surface area (TPSA) is 79.0 Å². The standard InChI is InChI=1S/C17H24FN3O4S/c1-13(16-3-2-12-25-16)19-17(22)20-8-10-21(11-9-20)26(23,24)15-6-4-14(18)5-7-15/h4-7,13,16H,2-3,8-12H2,1H3,(H,19,22)/t13-,16-/m0/s1. The number of carbonyl (C=O) groups excluding carboxylic acids is 1. The van der Waals surface area contributed by atoms with E-state index < -0.39 is 15.8 Å². The molecule has 1 aromatic rings. The molecule has 0 aliphatic carbocycles. The lowest BCUT2D eigenvalue weighted by atomic mass is 10.1. The third-order valence-electron chi connectivity index (χ3n) is 4.85. The Morgan fingerprint density at radius 3 is 2.46 bits per heavy atom. The van der Waals surface area contributed by atoms with Crippen molar-refractivity contribution in [3.05, 3.63) is 30.1 Å². The number of halogens is 1. The molecular weight excluding hydrogens is 361 g/mol. The number of benzene rings is 1. The fourth-order valence-electron chi connectivity index (χ4n) is 3.26. The van der Waals surface area contributed by atoms with Crippen molar-refractivity contribution in [2.45, 2.75) is 36.8 Å². The van der Waals surface area contributed by atoms with Crippen LogP contribution in [-0.4, -0.2) is 68.6 Å². The van der Waals surface area contributed by atoms with Gasteiger partial charge in [0.1, 0.15) is 5.82 Å². The molecule has 26 heavy (non-hydrogen) atoms. The molecule has 3 rings (SSSR count). The molecule has 0 unspecified atom stereocenters. The number of hydrogen-bond acceptors (Lipinski definition) is 4. The van der Waals surface area contributed by atoms with Crippen LogP contribution in [0.25, 0.3) is 0 Å². The van der Waals surface area contributed by atoms with Gasteiger partial charge in [0.25, 0.3) is 0 Å². The van der Waals surface area contributed by atoms with Crippen LogP contribution in [0.4, 0.5) is 9.18 Å². The van der Waals surface area contributed by atoms with Crippen LogP contribution >= 0.6 is 0 Å². The largest absolute Gasteiger partial charge is 0.376 e. The van der Waals surface area contributed by atoms with Gasteiger partial charge in [-0.25, -0.2) is 17.6 Å². The first-order valence-electron chi connectivity index (χ1n) is 8.81. The Morgan fingerprint density at radius 1 is 1.23 bits per heavy atom. The zero-order chi connectivity index (χ0) is 18.7. The quantitative estimate of drug-likeness (QED) is 0.850. The van der Waals surface area contributed by atoms with E-state index in [0.717, 1.165) is 31.6 Å². The number of piperazine rings is 1. The second-order valence-electron chi connectivity index (χ2n) is 6.63. The van der Waals surface area contributed by atoms with Crippen molar-refractivity contribution < 1.29 is 22.3 Å². The maximum absolute atomic E-state index is 13.0. The molecule has 0 radical (unpaired) electrons. The van der Waals surface area contributed by atoms with Crippen molar-refractivity contribution in [2.24, 2.45) is 0 Å². The second kappa shape index (κ2) is 7.89. The molecule has 2 fully saturated rings. The monoisotopic (exact) mass is 385 g/mol. The molecule has 9 heteroatoms. The van der Waals surface area contributed by atoms with Gasteiger partial charge in [0.15, 0.2) is 0 Å². The predicted octanol–water partition coefficient (Wildman–Crippen LogP) is 1.41. The van der Waals surface area contributed by atoms with E-state index in [-0.39, 0.29) is 36.2 Å². The van der Waals surface area contributed by atoms with Gasteiger partial charge in [-0.15, -0.1) is 0 Å². The molecule has 2 heterocycles. The molecule has 2 saturated heterocycles. The van der Waals surface area contributed by atoms with Gasteiger partial charge in [-0.2, -0.15) is 4.31 Å². The molecule has 0 bridgehead atoms. The number of carbonyl (C=O) groups is 1. The summed E-state index contributed by atoms with van der Waals surface area (Å²) in [6, 6.07) is 4.49. The van der Waals surface area contributed by atoms with Crippen LogP contribution in [-0.2, 0) is 14.8 Å². The SMILES string of the molecule is C[C@H](NC(=O)N1CCN(S(=O)(=O)c2ccc(F)cc2)CC1)[C@@H]1CCCO1. The Morgan fingerprint density at radius 2 is 1.88 bits per heavy atom. The van der Waals surface area contributed by atoms with E-state index in [1.165, 1.54) is 16.4 Å². The summed E-state index contributed by atoms with van der Waals surface area (Å²) in [5.41, 5.74) is 0. The summed E-state index contributed by atoms with van der Waals surface area (Å²) >= 11 is 0. The van der Waals surface area contributed by atoms with Crippen LogP contribution in [0.3, 0.4) is 0 Å². The third-order valence-corrected chi connectivity index (χ3v) is 6.76. The number of rotatable bonds is 4. The summed E-state index contributed by atoms with van der Waals surface area (Å²) < 4.78 is 45.1. The van der Waals surface area contributed by atoms with Crippen molar-refractivity contribution in [3.8, 4) is 0 Å². The van der Waals surface area contributed by atoms with E-state index in [1.807, 2.05) is 6.92 Å². The number of hydrogen-bond donors (Lipinski definition) is 1. The highest BCUT2D eigenvalue weighted by Crippen LogP contribution is 2.19. The van der Waals surface area contributed by atoms with Gasteiger partial charge in [-0.05, 0) is 44.0 Å². The van der Waals surface area contributed by atoms with Gasteiger partial charge >= 0.3 is 6.03 Å². The molecule has 0 aromatic heterocycles. The van der Waals surface area contributed by atoms with Crippen molar-refractivity contribution in [1.29, 1.82) is 0 Å². The molecule has 1 aromatic carbocycles. The molecule has 1 N–H and O–H groups in total. The van der Waals surface area contributed by atoms with Gasteiger partial charge in [-0.1, -0.05) is 0 Å². The Kier molecular flexibility index (Phi) is 5.79. The maximum Gasteiger partial charge on any atom is 0.317 e. The molecule has 7 nitrogen and oxygen atoms in total. The van der Waals surface area contributed by atoms with Crippen LogP contribution in [0.2, 0.25) is 0 Å². The normalized spacial score (nSPS) is 23.0. The number of ether oxygens (including phenoxy) is 1. The number of nitrogens with one attached hydrogen (secondary N) is 1. The second-order valence-corrected chi connectivity index (χ2v) is 8.57. The highest BCUT2D eigenvalue weighted by Gasteiger charge is 2.31. The summed E-state index contributed by atoms with van der Waals surface area (Å²) in [5, 5.41) is 2.94.